The van der Waals surface area contributed by atoms with Crippen LogP contribution in [0.25, 0.3) is 0 Å². The number of hydrogen-bond acceptors (Lipinski definition) is 3. The number of anilines is 1. The fourth-order valence-corrected chi connectivity index (χ4v) is 2.34. The summed E-state index contributed by atoms with van der Waals surface area (Å²) in [7, 11) is 0. The molecule has 1 heterocycles. The predicted octanol–water partition coefficient (Wildman–Crippen LogP) is 4.00. The molecule has 0 saturated heterocycles. The Morgan fingerprint density at radius 3 is 2.32 bits per heavy atom. The van der Waals surface area contributed by atoms with Crippen LogP contribution < -0.4 is 5.32 Å². The number of nitrogens with one attached hydrogen (secondary N) is 1. The lowest BCUT2D eigenvalue weighted by molar-refractivity contribution is 0.102. The number of carbonyl (C=O) groups excluding carboxylic acids is 1. The molecule has 3 nitrogen and oxygen atoms in total. The van der Waals surface area contributed by atoms with Gasteiger partial charge in [-0.2, -0.15) is 0 Å². The minimum Gasteiger partial charge on any atom is -0.321 e. The summed E-state index contributed by atoms with van der Waals surface area (Å²) in [6.07, 6.45) is 0. The average Bonchev–Trinajstić information content (AvgIpc) is 2.75. The van der Waals surface area contributed by atoms with Crippen LogP contribution in [0.2, 0.25) is 0 Å². The number of aromatic nitrogens is 1. The van der Waals surface area contributed by atoms with Gasteiger partial charge >= 0.3 is 0 Å². The van der Waals surface area contributed by atoms with Crippen LogP contribution in [0.1, 0.15) is 41.7 Å². The van der Waals surface area contributed by atoms with E-state index in [1.807, 2.05) is 31.2 Å². The van der Waals surface area contributed by atoms with Gasteiger partial charge in [0.2, 0.25) is 0 Å². The first-order valence-corrected chi connectivity index (χ1v) is 7.08. The Morgan fingerprint density at radius 2 is 1.84 bits per heavy atom. The monoisotopic (exact) mass is 274 g/mol. The zero-order valence-electron chi connectivity index (χ0n) is 11.7. The maximum absolute atomic E-state index is 12.0. The third kappa shape index (κ3) is 3.20. The Hall–Kier alpha value is -1.68. The predicted molar refractivity (Wildman–Crippen MR) is 79.9 cm³/mol. The highest BCUT2D eigenvalue weighted by Gasteiger charge is 2.14. The number of aryl methyl sites for hydroxylation is 1. The molecule has 1 amide bonds. The molecule has 0 fully saturated rings. The summed E-state index contributed by atoms with van der Waals surface area (Å²) >= 11 is 1.48. The fraction of sp³-hybridized carbons (Fsp3) is 0.333. The molecule has 0 aliphatic heterocycles. The fourth-order valence-electron chi connectivity index (χ4n) is 1.77. The molecule has 0 radical (unpaired) electrons. The molecule has 0 aliphatic carbocycles. The molecule has 0 spiro atoms. The lowest BCUT2D eigenvalue weighted by atomic mass is 9.87. The van der Waals surface area contributed by atoms with Gasteiger partial charge in [0.05, 0.1) is 5.51 Å². The summed E-state index contributed by atoms with van der Waals surface area (Å²) in [5.41, 5.74) is 4.35. The Kier molecular flexibility index (Phi) is 3.71. The van der Waals surface area contributed by atoms with E-state index in [0.29, 0.717) is 5.69 Å². The van der Waals surface area contributed by atoms with E-state index in [-0.39, 0.29) is 11.3 Å². The Balaban J connectivity index is 2.12. The van der Waals surface area contributed by atoms with Gasteiger partial charge < -0.3 is 5.32 Å². The van der Waals surface area contributed by atoms with Gasteiger partial charge in [-0.3, -0.25) is 4.79 Å². The van der Waals surface area contributed by atoms with E-state index in [0.717, 1.165) is 10.6 Å². The van der Waals surface area contributed by atoms with Crippen molar-refractivity contribution in [3.63, 3.8) is 0 Å². The molecular formula is C15H18N2OS. The van der Waals surface area contributed by atoms with Crippen LogP contribution >= 0.6 is 11.3 Å². The first-order chi connectivity index (χ1) is 8.88. The third-order valence-corrected chi connectivity index (χ3v) is 3.73. The lowest BCUT2D eigenvalue weighted by Crippen LogP contribution is -2.14. The van der Waals surface area contributed by atoms with E-state index in [1.54, 1.807) is 5.51 Å². The highest BCUT2D eigenvalue weighted by Crippen LogP contribution is 2.23. The smallest absolute Gasteiger partial charge is 0.275 e. The van der Waals surface area contributed by atoms with Crippen LogP contribution in [0.3, 0.4) is 0 Å². The molecule has 1 aromatic carbocycles. The van der Waals surface area contributed by atoms with Gasteiger partial charge in [0.25, 0.3) is 5.91 Å². The van der Waals surface area contributed by atoms with Crippen LogP contribution in [-0.4, -0.2) is 10.9 Å². The standard InChI is InChI=1S/C15H18N2OS/c1-10-13(16-9-19-10)14(18)17-12-7-5-11(6-8-12)15(2,3)4/h5-9H,1-4H3,(H,17,18). The summed E-state index contributed by atoms with van der Waals surface area (Å²) in [4.78, 5) is 17.0. The van der Waals surface area contributed by atoms with Crippen LogP contribution in [0.15, 0.2) is 29.8 Å². The first-order valence-electron chi connectivity index (χ1n) is 6.20. The molecule has 4 heteroatoms. The van der Waals surface area contributed by atoms with Crippen molar-refractivity contribution in [3.8, 4) is 0 Å². The molecule has 1 N–H and O–H groups in total. The summed E-state index contributed by atoms with van der Waals surface area (Å²) in [6.45, 7) is 8.40. The van der Waals surface area contributed by atoms with Gasteiger partial charge in [0.15, 0.2) is 0 Å². The quantitative estimate of drug-likeness (QED) is 0.899. The zero-order valence-corrected chi connectivity index (χ0v) is 12.5. The molecule has 1 aromatic heterocycles. The Labute approximate surface area is 117 Å². The van der Waals surface area contributed by atoms with Gasteiger partial charge in [-0.15, -0.1) is 11.3 Å². The average molecular weight is 274 g/mol. The van der Waals surface area contributed by atoms with E-state index >= 15 is 0 Å². The van der Waals surface area contributed by atoms with Crippen molar-refractivity contribution in [2.24, 2.45) is 0 Å². The minimum atomic E-state index is -0.151. The van der Waals surface area contributed by atoms with Crippen LogP contribution in [0.5, 0.6) is 0 Å². The normalized spacial score (nSPS) is 11.4. The van der Waals surface area contributed by atoms with E-state index in [9.17, 15) is 4.79 Å². The molecule has 0 saturated carbocycles. The first kappa shape index (κ1) is 13.7. The van der Waals surface area contributed by atoms with Crippen LogP contribution in [0.4, 0.5) is 5.69 Å². The highest BCUT2D eigenvalue weighted by molar-refractivity contribution is 7.09. The van der Waals surface area contributed by atoms with Crippen molar-refractivity contribution in [1.29, 1.82) is 0 Å². The van der Waals surface area contributed by atoms with Crippen LogP contribution in [0, 0.1) is 6.92 Å². The summed E-state index contributed by atoms with van der Waals surface area (Å²) in [5.74, 6) is -0.151. The van der Waals surface area contributed by atoms with E-state index in [2.05, 4.69) is 31.1 Å². The summed E-state index contributed by atoms with van der Waals surface area (Å²) in [5, 5.41) is 2.87. The van der Waals surface area contributed by atoms with Gasteiger partial charge in [0.1, 0.15) is 5.69 Å². The highest BCUT2D eigenvalue weighted by atomic mass is 32.1. The van der Waals surface area contributed by atoms with Crippen molar-refractivity contribution in [1.82, 2.24) is 4.98 Å². The van der Waals surface area contributed by atoms with Crippen molar-refractivity contribution in [3.05, 3.63) is 45.9 Å². The second-order valence-electron chi connectivity index (χ2n) is 5.54. The molecule has 100 valence electrons. The Bertz CT molecular complexity index is 579. The third-order valence-electron chi connectivity index (χ3n) is 2.97. The maximum atomic E-state index is 12.0. The number of nitrogens with zero attached hydrogens (tertiary/aromatic N) is 1. The Morgan fingerprint density at radius 1 is 1.21 bits per heavy atom. The van der Waals surface area contributed by atoms with Crippen molar-refractivity contribution < 1.29 is 4.79 Å². The number of rotatable bonds is 2. The molecule has 2 aromatic rings. The zero-order chi connectivity index (χ0) is 14.0. The second-order valence-corrected chi connectivity index (χ2v) is 6.60. The van der Waals surface area contributed by atoms with E-state index < -0.39 is 0 Å². The second kappa shape index (κ2) is 5.13. The maximum Gasteiger partial charge on any atom is 0.275 e. The van der Waals surface area contributed by atoms with Crippen LogP contribution in [-0.2, 0) is 5.41 Å². The molecular weight excluding hydrogens is 256 g/mol. The number of benzene rings is 1. The molecule has 0 aliphatic rings. The van der Waals surface area contributed by atoms with Gasteiger partial charge in [-0.05, 0) is 30.0 Å². The van der Waals surface area contributed by atoms with E-state index in [4.69, 9.17) is 0 Å². The summed E-state index contributed by atoms with van der Waals surface area (Å²) < 4.78 is 0. The SMILES string of the molecule is Cc1scnc1C(=O)Nc1ccc(C(C)(C)C)cc1. The van der Waals surface area contributed by atoms with Gasteiger partial charge in [-0.1, -0.05) is 32.9 Å². The van der Waals surface area contributed by atoms with E-state index in [1.165, 1.54) is 16.9 Å². The van der Waals surface area contributed by atoms with Crippen molar-refractivity contribution in [2.45, 2.75) is 33.1 Å². The minimum absolute atomic E-state index is 0.119. The summed E-state index contributed by atoms with van der Waals surface area (Å²) in [6, 6.07) is 7.95. The van der Waals surface area contributed by atoms with Crippen molar-refractivity contribution >= 4 is 22.9 Å². The number of hydrogen-bond donors (Lipinski definition) is 1. The molecule has 0 bridgehead atoms. The van der Waals surface area contributed by atoms with Gasteiger partial charge in [0, 0.05) is 10.6 Å². The molecule has 0 atom stereocenters. The van der Waals surface area contributed by atoms with Crippen molar-refractivity contribution in [2.75, 3.05) is 5.32 Å². The molecule has 2 rings (SSSR count). The number of thiazole rings is 1. The molecule has 19 heavy (non-hydrogen) atoms. The number of amides is 1. The molecule has 0 unspecified atom stereocenters. The number of carbonyl (C=O) groups is 1. The topological polar surface area (TPSA) is 42.0 Å². The lowest BCUT2D eigenvalue weighted by Gasteiger charge is -2.19. The largest absolute Gasteiger partial charge is 0.321 e. The van der Waals surface area contributed by atoms with Gasteiger partial charge in [-0.25, -0.2) is 4.98 Å².